The zero-order chi connectivity index (χ0) is 14.0. The van der Waals surface area contributed by atoms with E-state index in [0.29, 0.717) is 0 Å². The average molecular weight is 294 g/mol. The minimum absolute atomic E-state index is 0.776. The SMILES string of the molecule is O=P(OC(F)(F)F)(OC(F)(F)F)c1ccccc1. The van der Waals surface area contributed by atoms with E-state index >= 15 is 0 Å². The number of halogens is 6. The van der Waals surface area contributed by atoms with E-state index in [9.17, 15) is 30.9 Å². The van der Waals surface area contributed by atoms with Crippen LogP contribution in [0.1, 0.15) is 0 Å². The van der Waals surface area contributed by atoms with Gasteiger partial charge in [-0.1, -0.05) is 18.2 Å². The highest BCUT2D eigenvalue weighted by Gasteiger charge is 2.49. The fourth-order valence-corrected chi connectivity index (χ4v) is 2.34. The summed E-state index contributed by atoms with van der Waals surface area (Å²) >= 11 is 0. The quantitative estimate of drug-likeness (QED) is 0.631. The highest BCUT2D eigenvalue weighted by molar-refractivity contribution is 7.62. The maximum Gasteiger partial charge on any atom is 0.529 e. The summed E-state index contributed by atoms with van der Waals surface area (Å²) < 4.78 is 89.4. The molecule has 0 spiro atoms. The number of alkyl halides is 6. The molecular formula is C8H5F6O3P. The molecule has 0 amide bonds. The molecule has 0 fully saturated rings. The van der Waals surface area contributed by atoms with Gasteiger partial charge in [-0.3, -0.25) is 4.57 Å². The lowest BCUT2D eigenvalue weighted by atomic mass is 10.4. The van der Waals surface area contributed by atoms with Crippen LogP contribution in [0.3, 0.4) is 0 Å². The van der Waals surface area contributed by atoms with Gasteiger partial charge in [0.1, 0.15) is 0 Å². The Morgan fingerprint density at radius 1 is 0.833 bits per heavy atom. The van der Waals surface area contributed by atoms with Gasteiger partial charge in [-0.2, -0.15) is 0 Å². The Hall–Kier alpha value is -1.05. The van der Waals surface area contributed by atoms with Gasteiger partial charge >= 0.3 is 20.3 Å². The third-order valence-electron chi connectivity index (χ3n) is 1.52. The van der Waals surface area contributed by atoms with Crippen LogP contribution in [0.25, 0.3) is 0 Å². The van der Waals surface area contributed by atoms with E-state index in [-0.39, 0.29) is 0 Å². The predicted molar refractivity (Wildman–Crippen MR) is 48.0 cm³/mol. The highest BCUT2D eigenvalue weighted by atomic mass is 31.2. The minimum Gasteiger partial charge on any atom is -0.254 e. The van der Waals surface area contributed by atoms with Crippen molar-refractivity contribution in [3.8, 4) is 0 Å². The standard InChI is InChI=1S/C8H5F6O3P/c9-7(10,11)16-18(15,17-8(12,13)14)6-4-2-1-3-5-6/h1-5H. The van der Waals surface area contributed by atoms with E-state index in [1.165, 1.54) is 6.07 Å². The molecule has 0 saturated heterocycles. The van der Waals surface area contributed by atoms with Crippen LogP contribution in [0, 0.1) is 0 Å². The first-order chi connectivity index (χ1) is 8.02. The maximum absolute atomic E-state index is 12.0. The summed E-state index contributed by atoms with van der Waals surface area (Å²) in [5.41, 5.74) is 0. The average Bonchev–Trinajstić information content (AvgIpc) is 2.13. The van der Waals surface area contributed by atoms with Gasteiger partial charge in [0.2, 0.25) is 0 Å². The molecule has 0 aliphatic carbocycles. The van der Waals surface area contributed by atoms with E-state index in [1.807, 2.05) is 0 Å². The first-order valence-corrected chi connectivity index (χ1v) is 5.77. The lowest BCUT2D eigenvalue weighted by Gasteiger charge is -2.20. The van der Waals surface area contributed by atoms with Gasteiger partial charge < -0.3 is 0 Å². The van der Waals surface area contributed by atoms with Gasteiger partial charge in [-0.15, -0.1) is 26.3 Å². The molecule has 18 heavy (non-hydrogen) atoms. The van der Waals surface area contributed by atoms with Crippen molar-refractivity contribution < 1.29 is 40.0 Å². The smallest absolute Gasteiger partial charge is 0.254 e. The van der Waals surface area contributed by atoms with Crippen LogP contribution in [0.2, 0.25) is 0 Å². The van der Waals surface area contributed by atoms with Crippen molar-refractivity contribution in [3.63, 3.8) is 0 Å². The third kappa shape index (κ3) is 4.67. The van der Waals surface area contributed by atoms with Crippen LogP contribution in [-0.2, 0) is 13.6 Å². The largest absolute Gasteiger partial charge is 0.529 e. The van der Waals surface area contributed by atoms with Crippen LogP contribution in [-0.4, -0.2) is 12.7 Å². The van der Waals surface area contributed by atoms with Crippen LogP contribution in [0.5, 0.6) is 0 Å². The Labute approximate surface area is 96.8 Å². The van der Waals surface area contributed by atoms with Gasteiger partial charge in [0, 0.05) is 0 Å². The van der Waals surface area contributed by atoms with Crippen molar-refractivity contribution in [2.45, 2.75) is 12.7 Å². The van der Waals surface area contributed by atoms with E-state index in [0.717, 1.165) is 24.3 Å². The first-order valence-electron chi connectivity index (χ1n) is 4.22. The molecule has 0 heterocycles. The maximum atomic E-state index is 12.0. The fourth-order valence-electron chi connectivity index (χ4n) is 1.01. The van der Waals surface area contributed by atoms with Crippen LogP contribution >= 0.6 is 7.60 Å². The Bertz CT molecular complexity index is 420. The summed E-state index contributed by atoms with van der Waals surface area (Å²) in [6.07, 6.45) is -11.1. The summed E-state index contributed by atoms with van der Waals surface area (Å²) in [5, 5.41) is -0.848. The summed E-state index contributed by atoms with van der Waals surface area (Å²) in [6, 6.07) is 5.06. The molecule has 0 aliphatic heterocycles. The lowest BCUT2D eigenvalue weighted by molar-refractivity contribution is -0.305. The minimum atomic E-state index is -5.56. The predicted octanol–water partition coefficient (Wildman–Crippen LogP) is 3.58. The molecule has 0 saturated carbocycles. The molecule has 0 atom stereocenters. The molecule has 1 aromatic rings. The highest BCUT2D eigenvalue weighted by Crippen LogP contribution is 2.55. The van der Waals surface area contributed by atoms with Crippen molar-refractivity contribution in [1.82, 2.24) is 0 Å². The second-order valence-corrected chi connectivity index (χ2v) is 4.78. The van der Waals surface area contributed by atoms with Crippen molar-refractivity contribution in [2.75, 3.05) is 0 Å². The van der Waals surface area contributed by atoms with Crippen molar-refractivity contribution in [1.29, 1.82) is 0 Å². The third-order valence-corrected chi connectivity index (χ3v) is 3.35. The van der Waals surface area contributed by atoms with Crippen molar-refractivity contribution >= 4 is 12.9 Å². The molecule has 0 N–H and O–H groups in total. The van der Waals surface area contributed by atoms with Crippen LogP contribution in [0.4, 0.5) is 26.3 Å². The number of benzene rings is 1. The zero-order valence-corrected chi connectivity index (χ0v) is 9.22. The summed E-state index contributed by atoms with van der Waals surface area (Å²) in [5.74, 6) is 0. The van der Waals surface area contributed by atoms with Crippen LogP contribution < -0.4 is 5.30 Å². The molecule has 0 aromatic heterocycles. The van der Waals surface area contributed by atoms with Gasteiger partial charge in [0.05, 0.1) is 5.30 Å². The normalized spacial score (nSPS) is 13.7. The van der Waals surface area contributed by atoms with Crippen molar-refractivity contribution in [3.05, 3.63) is 30.3 Å². The molecule has 0 unspecified atom stereocenters. The van der Waals surface area contributed by atoms with E-state index in [2.05, 4.69) is 9.05 Å². The van der Waals surface area contributed by atoms with Crippen molar-refractivity contribution in [2.24, 2.45) is 0 Å². The second-order valence-electron chi connectivity index (χ2n) is 2.91. The Balaban J connectivity index is 3.14. The summed E-state index contributed by atoms with van der Waals surface area (Å²) in [6.45, 7) is 0. The van der Waals surface area contributed by atoms with Crippen LogP contribution in [0.15, 0.2) is 30.3 Å². The first kappa shape index (κ1) is 15.0. The van der Waals surface area contributed by atoms with Gasteiger partial charge in [0.25, 0.3) is 0 Å². The second kappa shape index (κ2) is 4.91. The van der Waals surface area contributed by atoms with Gasteiger partial charge in [0.15, 0.2) is 0 Å². The molecule has 1 aromatic carbocycles. The van der Waals surface area contributed by atoms with E-state index in [4.69, 9.17) is 0 Å². The Kier molecular flexibility index (Phi) is 4.09. The summed E-state index contributed by atoms with van der Waals surface area (Å²) in [7, 11) is -5.56. The van der Waals surface area contributed by atoms with E-state index < -0.39 is 25.6 Å². The number of rotatable bonds is 3. The molecule has 0 radical (unpaired) electrons. The Morgan fingerprint density at radius 2 is 1.22 bits per heavy atom. The van der Waals surface area contributed by atoms with Gasteiger partial charge in [-0.05, 0) is 12.1 Å². The van der Waals surface area contributed by atoms with Gasteiger partial charge in [-0.25, -0.2) is 9.05 Å². The Morgan fingerprint density at radius 3 is 1.56 bits per heavy atom. The molecule has 1 rings (SSSR count). The number of hydrogen-bond donors (Lipinski definition) is 0. The topological polar surface area (TPSA) is 35.5 Å². The number of hydrogen-bond acceptors (Lipinski definition) is 3. The molecule has 3 nitrogen and oxygen atoms in total. The molecule has 0 aliphatic rings. The monoisotopic (exact) mass is 294 g/mol. The van der Waals surface area contributed by atoms with E-state index in [1.54, 1.807) is 0 Å². The molecular weight excluding hydrogens is 289 g/mol. The zero-order valence-electron chi connectivity index (χ0n) is 8.33. The summed E-state index contributed by atoms with van der Waals surface area (Å²) in [4.78, 5) is 0. The molecule has 102 valence electrons. The molecule has 0 bridgehead atoms. The molecule has 10 heteroatoms. The lowest BCUT2D eigenvalue weighted by Crippen LogP contribution is -2.23. The fraction of sp³-hybridized carbons (Fsp3) is 0.250.